The fourth-order valence-electron chi connectivity index (χ4n) is 3.59. The molecule has 0 radical (unpaired) electrons. The Morgan fingerprint density at radius 1 is 1.21 bits per heavy atom. The van der Waals surface area contributed by atoms with Gasteiger partial charge in [-0.25, -0.2) is 5.10 Å². The molecule has 1 aromatic carbocycles. The first-order valence-corrected chi connectivity index (χ1v) is 9.61. The number of carbonyl (C=O) groups is 1. The normalized spacial score (nSPS) is 15.9. The topological polar surface area (TPSA) is 102 Å². The van der Waals surface area contributed by atoms with Crippen molar-refractivity contribution in [3.63, 3.8) is 0 Å². The van der Waals surface area contributed by atoms with Crippen LogP contribution in [0.4, 0.5) is 5.82 Å². The van der Waals surface area contributed by atoms with Gasteiger partial charge in [0.15, 0.2) is 5.82 Å². The van der Waals surface area contributed by atoms with Crippen LogP contribution < -0.4 is 15.6 Å². The molecule has 2 N–H and O–H groups in total. The average molecular weight is 393 g/mol. The standard InChI is InChI=1S/C21H23N5O3/c1-12(2)11-29-16-7-5-4-6-14(16)15-10-19(28)22-21-20(15)13(3)25-26(21)17-8-9-18(27)24-23-17/h4-9,12,15H,10-11H2,1-3H3,(H,22,28)(H,24,27)/t15-/m1/s1. The number of H-pyrrole nitrogens is 1. The highest BCUT2D eigenvalue weighted by atomic mass is 16.5. The summed E-state index contributed by atoms with van der Waals surface area (Å²) in [5.74, 6) is 1.89. The molecule has 0 saturated carbocycles. The SMILES string of the molecule is Cc1nn(-c2ccc(=O)[nH]n2)c2c1[C@@H](c1ccccc1OCC(C)C)CC(=O)N2. The van der Waals surface area contributed by atoms with Crippen molar-refractivity contribution in [1.29, 1.82) is 0 Å². The first-order valence-electron chi connectivity index (χ1n) is 9.61. The van der Waals surface area contributed by atoms with Gasteiger partial charge in [0.2, 0.25) is 5.91 Å². The fourth-order valence-corrected chi connectivity index (χ4v) is 3.59. The number of fused-ring (bicyclic) bond motifs is 1. The first-order chi connectivity index (χ1) is 13.9. The number of amides is 1. The number of aromatic amines is 1. The van der Waals surface area contributed by atoms with E-state index in [4.69, 9.17) is 4.74 Å². The highest BCUT2D eigenvalue weighted by Crippen LogP contribution is 2.42. The number of para-hydroxylation sites is 1. The number of anilines is 1. The largest absolute Gasteiger partial charge is 0.493 e. The molecule has 29 heavy (non-hydrogen) atoms. The summed E-state index contributed by atoms with van der Waals surface area (Å²) < 4.78 is 7.59. The smallest absolute Gasteiger partial charge is 0.264 e. The number of aromatic nitrogens is 4. The molecule has 0 unspecified atom stereocenters. The maximum absolute atomic E-state index is 12.6. The molecule has 2 aromatic heterocycles. The average Bonchev–Trinajstić information content (AvgIpc) is 3.03. The Labute approximate surface area is 167 Å². The minimum absolute atomic E-state index is 0.105. The minimum atomic E-state index is -0.301. The molecule has 1 aliphatic rings. The number of hydrogen-bond acceptors (Lipinski definition) is 5. The van der Waals surface area contributed by atoms with Crippen LogP contribution in [-0.4, -0.2) is 32.5 Å². The molecular weight excluding hydrogens is 370 g/mol. The Balaban J connectivity index is 1.81. The molecule has 1 aliphatic heterocycles. The highest BCUT2D eigenvalue weighted by molar-refractivity contribution is 5.95. The van der Waals surface area contributed by atoms with Crippen LogP contribution in [0.2, 0.25) is 0 Å². The van der Waals surface area contributed by atoms with E-state index in [2.05, 4.69) is 34.5 Å². The molecule has 8 heteroatoms. The number of aryl methyl sites for hydroxylation is 1. The van der Waals surface area contributed by atoms with Crippen molar-refractivity contribution in [2.45, 2.75) is 33.1 Å². The number of hydrogen-bond donors (Lipinski definition) is 2. The lowest BCUT2D eigenvalue weighted by Gasteiger charge is -2.26. The molecule has 0 spiro atoms. The van der Waals surface area contributed by atoms with Crippen LogP contribution in [0.25, 0.3) is 5.82 Å². The van der Waals surface area contributed by atoms with Crippen molar-refractivity contribution in [2.75, 3.05) is 11.9 Å². The van der Waals surface area contributed by atoms with Gasteiger partial charge in [0.05, 0.1) is 12.3 Å². The number of nitrogens with zero attached hydrogens (tertiary/aromatic N) is 3. The van der Waals surface area contributed by atoms with Crippen molar-refractivity contribution < 1.29 is 9.53 Å². The number of rotatable bonds is 5. The van der Waals surface area contributed by atoms with E-state index in [1.807, 2.05) is 31.2 Å². The van der Waals surface area contributed by atoms with Gasteiger partial charge in [0.1, 0.15) is 11.6 Å². The minimum Gasteiger partial charge on any atom is -0.493 e. The summed E-state index contributed by atoms with van der Waals surface area (Å²) in [4.78, 5) is 23.9. The number of nitrogens with one attached hydrogen (secondary N) is 2. The van der Waals surface area contributed by atoms with Crippen LogP contribution in [0.3, 0.4) is 0 Å². The van der Waals surface area contributed by atoms with Gasteiger partial charge in [0, 0.05) is 29.5 Å². The van der Waals surface area contributed by atoms with Crippen molar-refractivity contribution in [3.05, 3.63) is 63.6 Å². The first kappa shape index (κ1) is 18.9. The van der Waals surface area contributed by atoms with Gasteiger partial charge in [-0.3, -0.25) is 9.59 Å². The quantitative estimate of drug-likeness (QED) is 0.694. The lowest BCUT2D eigenvalue weighted by molar-refractivity contribution is -0.116. The zero-order valence-corrected chi connectivity index (χ0v) is 16.6. The predicted octanol–water partition coefficient (Wildman–Crippen LogP) is 2.77. The monoisotopic (exact) mass is 393 g/mol. The second kappa shape index (κ2) is 7.54. The molecule has 4 rings (SSSR count). The molecule has 8 nitrogen and oxygen atoms in total. The zero-order valence-electron chi connectivity index (χ0n) is 16.6. The van der Waals surface area contributed by atoms with E-state index in [0.29, 0.717) is 30.6 Å². The van der Waals surface area contributed by atoms with Gasteiger partial charge in [-0.05, 0) is 25.0 Å². The number of carbonyl (C=O) groups excluding carboxylic acids is 1. The maximum Gasteiger partial charge on any atom is 0.264 e. The Hall–Kier alpha value is -3.42. The van der Waals surface area contributed by atoms with Gasteiger partial charge in [-0.1, -0.05) is 32.0 Å². The third kappa shape index (κ3) is 3.65. The summed E-state index contributed by atoms with van der Waals surface area (Å²) in [5, 5.41) is 14.0. The Bertz CT molecular complexity index is 1100. The van der Waals surface area contributed by atoms with Crippen molar-refractivity contribution in [2.24, 2.45) is 5.92 Å². The molecule has 150 valence electrons. The Morgan fingerprint density at radius 3 is 2.72 bits per heavy atom. The predicted molar refractivity (Wildman–Crippen MR) is 109 cm³/mol. The van der Waals surface area contributed by atoms with Crippen molar-refractivity contribution >= 4 is 11.7 Å². The summed E-state index contributed by atoms with van der Waals surface area (Å²) in [6.45, 7) is 6.70. The van der Waals surface area contributed by atoms with Gasteiger partial charge < -0.3 is 10.1 Å². The second-order valence-corrected chi connectivity index (χ2v) is 7.59. The molecule has 0 saturated heterocycles. The van der Waals surface area contributed by atoms with Crippen LogP contribution >= 0.6 is 0 Å². The summed E-state index contributed by atoms with van der Waals surface area (Å²) in [7, 11) is 0. The van der Waals surface area contributed by atoms with Crippen molar-refractivity contribution in [3.8, 4) is 11.6 Å². The Morgan fingerprint density at radius 2 is 2.00 bits per heavy atom. The summed E-state index contributed by atoms with van der Waals surface area (Å²) in [5.41, 5.74) is 2.38. The maximum atomic E-state index is 12.6. The highest BCUT2D eigenvalue weighted by Gasteiger charge is 2.34. The van der Waals surface area contributed by atoms with E-state index in [9.17, 15) is 9.59 Å². The lowest BCUT2D eigenvalue weighted by atomic mass is 9.85. The molecule has 1 atom stereocenters. The van der Waals surface area contributed by atoms with Gasteiger partial charge in [-0.15, -0.1) is 0 Å². The third-order valence-electron chi connectivity index (χ3n) is 4.85. The molecule has 3 heterocycles. The van der Waals surface area contributed by atoms with Gasteiger partial charge >= 0.3 is 0 Å². The molecule has 3 aromatic rings. The number of benzene rings is 1. The molecule has 0 fully saturated rings. The van der Waals surface area contributed by atoms with Crippen LogP contribution in [0.15, 0.2) is 41.2 Å². The third-order valence-corrected chi connectivity index (χ3v) is 4.85. The fraction of sp³-hybridized carbons (Fsp3) is 0.333. The molecular formula is C21H23N5O3. The molecule has 0 bridgehead atoms. The Kier molecular flexibility index (Phi) is 4.92. The van der Waals surface area contributed by atoms with Gasteiger partial charge in [-0.2, -0.15) is 14.9 Å². The lowest BCUT2D eigenvalue weighted by Crippen LogP contribution is -2.25. The van der Waals surface area contributed by atoms with E-state index < -0.39 is 0 Å². The van der Waals surface area contributed by atoms with E-state index in [1.165, 1.54) is 6.07 Å². The summed E-state index contributed by atoms with van der Waals surface area (Å²) in [6, 6.07) is 10.8. The molecule has 0 aliphatic carbocycles. The zero-order chi connectivity index (χ0) is 20.5. The summed E-state index contributed by atoms with van der Waals surface area (Å²) >= 11 is 0. The van der Waals surface area contributed by atoms with E-state index in [-0.39, 0.29) is 17.4 Å². The van der Waals surface area contributed by atoms with E-state index >= 15 is 0 Å². The number of ether oxygens (including phenoxy) is 1. The van der Waals surface area contributed by atoms with Crippen LogP contribution in [0, 0.1) is 12.8 Å². The van der Waals surface area contributed by atoms with Crippen LogP contribution in [0.1, 0.15) is 43.0 Å². The van der Waals surface area contributed by atoms with E-state index in [1.54, 1.807) is 10.7 Å². The van der Waals surface area contributed by atoms with Crippen LogP contribution in [-0.2, 0) is 4.79 Å². The van der Waals surface area contributed by atoms with Gasteiger partial charge in [0.25, 0.3) is 5.56 Å². The second-order valence-electron chi connectivity index (χ2n) is 7.59. The summed E-state index contributed by atoms with van der Waals surface area (Å²) in [6.07, 6.45) is 0.306. The van der Waals surface area contributed by atoms with Crippen LogP contribution in [0.5, 0.6) is 5.75 Å². The molecule has 1 amide bonds. The van der Waals surface area contributed by atoms with E-state index in [0.717, 1.165) is 22.6 Å². The van der Waals surface area contributed by atoms with Crippen molar-refractivity contribution in [1.82, 2.24) is 20.0 Å².